The standard InChI is InChI=1S/C26H33ClN6O4S/c1-6-37-38(35,36)23-8-7-18(2)13-22(23)33-17-24(29-30-33)26(3,4)28-25(34)19-14-20(27)16-21(15-19)32-11-9-31(5)10-12-32/h7-8,13-17H,6,9-12H2,1-5H3,(H,28,34). The van der Waals surface area contributed by atoms with E-state index in [4.69, 9.17) is 15.8 Å². The molecular weight excluding hydrogens is 528 g/mol. The van der Waals surface area contributed by atoms with Gasteiger partial charge in [0.2, 0.25) is 0 Å². The summed E-state index contributed by atoms with van der Waals surface area (Å²) < 4.78 is 31.7. The number of aromatic nitrogens is 3. The van der Waals surface area contributed by atoms with Gasteiger partial charge in [-0.1, -0.05) is 22.9 Å². The highest BCUT2D eigenvalue weighted by Gasteiger charge is 2.29. The number of carbonyl (C=O) groups excluding carboxylic acids is 1. The summed E-state index contributed by atoms with van der Waals surface area (Å²) in [6.45, 7) is 10.7. The first-order valence-corrected chi connectivity index (χ1v) is 14.2. The molecule has 4 rings (SSSR count). The van der Waals surface area contributed by atoms with Gasteiger partial charge in [0.05, 0.1) is 24.0 Å². The number of anilines is 1. The van der Waals surface area contributed by atoms with Crippen LogP contribution >= 0.6 is 11.6 Å². The minimum absolute atomic E-state index is 0.0113. The van der Waals surface area contributed by atoms with Crippen LogP contribution in [0.4, 0.5) is 5.69 Å². The number of hydrogen-bond acceptors (Lipinski definition) is 8. The Labute approximate surface area is 228 Å². The number of aryl methyl sites for hydroxylation is 1. The molecule has 10 nitrogen and oxygen atoms in total. The Morgan fingerprint density at radius 3 is 2.53 bits per heavy atom. The normalized spacial score (nSPS) is 15.1. The van der Waals surface area contributed by atoms with Crippen molar-refractivity contribution in [3.63, 3.8) is 0 Å². The van der Waals surface area contributed by atoms with Crippen molar-refractivity contribution in [1.29, 1.82) is 0 Å². The van der Waals surface area contributed by atoms with Gasteiger partial charge < -0.3 is 15.1 Å². The molecule has 0 atom stereocenters. The summed E-state index contributed by atoms with van der Waals surface area (Å²) in [5, 5.41) is 11.9. The van der Waals surface area contributed by atoms with E-state index in [9.17, 15) is 13.2 Å². The summed E-state index contributed by atoms with van der Waals surface area (Å²) >= 11 is 6.39. The van der Waals surface area contributed by atoms with Crippen molar-refractivity contribution in [3.05, 3.63) is 64.4 Å². The Balaban J connectivity index is 1.58. The first-order chi connectivity index (χ1) is 17.9. The molecule has 1 N–H and O–H groups in total. The van der Waals surface area contributed by atoms with E-state index in [1.165, 1.54) is 10.7 Å². The average molecular weight is 561 g/mol. The molecule has 12 heteroatoms. The van der Waals surface area contributed by atoms with E-state index in [1.54, 1.807) is 45.2 Å². The van der Waals surface area contributed by atoms with Crippen molar-refractivity contribution in [2.75, 3.05) is 44.7 Å². The highest BCUT2D eigenvalue weighted by Crippen LogP contribution is 2.27. The number of carbonyl (C=O) groups is 1. The van der Waals surface area contributed by atoms with Gasteiger partial charge in [-0.25, -0.2) is 4.68 Å². The third-order valence-corrected chi connectivity index (χ3v) is 8.12. The average Bonchev–Trinajstić information content (AvgIpc) is 3.35. The monoisotopic (exact) mass is 560 g/mol. The van der Waals surface area contributed by atoms with Crippen molar-refractivity contribution in [2.24, 2.45) is 0 Å². The van der Waals surface area contributed by atoms with Crippen LogP contribution in [0.2, 0.25) is 5.02 Å². The van der Waals surface area contributed by atoms with Crippen molar-refractivity contribution >= 4 is 33.3 Å². The Morgan fingerprint density at radius 2 is 1.84 bits per heavy atom. The Bertz CT molecular complexity index is 1430. The lowest BCUT2D eigenvalue weighted by Gasteiger charge is -2.34. The molecule has 1 aliphatic rings. The molecule has 204 valence electrons. The SMILES string of the molecule is CCOS(=O)(=O)c1ccc(C)cc1-n1cc(C(C)(C)NC(=O)c2cc(Cl)cc(N3CCN(C)CC3)c2)nn1. The van der Waals surface area contributed by atoms with Crippen molar-refractivity contribution in [3.8, 4) is 5.69 Å². The van der Waals surface area contributed by atoms with E-state index >= 15 is 0 Å². The fraction of sp³-hybridized carbons (Fsp3) is 0.423. The van der Waals surface area contributed by atoms with E-state index in [0.29, 0.717) is 22.0 Å². The van der Waals surface area contributed by atoms with Crippen LogP contribution in [-0.2, 0) is 19.8 Å². The highest BCUT2D eigenvalue weighted by molar-refractivity contribution is 7.86. The molecule has 0 aliphatic carbocycles. The summed E-state index contributed by atoms with van der Waals surface area (Å²) in [5.74, 6) is -0.308. The molecule has 1 aromatic heterocycles. The van der Waals surface area contributed by atoms with Gasteiger partial charge >= 0.3 is 0 Å². The van der Waals surface area contributed by atoms with Gasteiger partial charge in [0.15, 0.2) is 0 Å². The summed E-state index contributed by atoms with van der Waals surface area (Å²) in [5.41, 5.74) is 2.03. The van der Waals surface area contributed by atoms with Crippen LogP contribution in [0.3, 0.4) is 0 Å². The van der Waals surface area contributed by atoms with Crippen LogP contribution in [-0.4, -0.2) is 74.1 Å². The summed E-state index contributed by atoms with van der Waals surface area (Å²) in [7, 11) is -1.90. The molecule has 0 unspecified atom stereocenters. The van der Waals surface area contributed by atoms with E-state index in [2.05, 4.69) is 32.5 Å². The van der Waals surface area contributed by atoms with Crippen LogP contribution in [0.25, 0.3) is 5.69 Å². The highest BCUT2D eigenvalue weighted by atomic mass is 35.5. The molecule has 1 amide bonds. The maximum Gasteiger partial charge on any atom is 0.299 e. The minimum Gasteiger partial charge on any atom is -0.369 e. The maximum absolute atomic E-state index is 13.3. The van der Waals surface area contributed by atoms with Gasteiger partial charge in [0.1, 0.15) is 10.6 Å². The van der Waals surface area contributed by atoms with E-state index < -0.39 is 15.7 Å². The number of nitrogens with one attached hydrogen (secondary N) is 1. The fourth-order valence-electron chi connectivity index (χ4n) is 4.28. The molecule has 0 spiro atoms. The second-order valence-electron chi connectivity index (χ2n) is 9.95. The van der Waals surface area contributed by atoms with Gasteiger partial charge in [-0.15, -0.1) is 5.10 Å². The van der Waals surface area contributed by atoms with E-state index in [1.807, 2.05) is 19.1 Å². The number of likely N-dealkylation sites (N-methyl/N-ethyl adjacent to an activating group) is 1. The zero-order valence-electron chi connectivity index (χ0n) is 22.2. The zero-order chi connectivity index (χ0) is 27.7. The Morgan fingerprint density at radius 1 is 1.13 bits per heavy atom. The largest absolute Gasteiger partial charge is 0.369 e. The van der Waals surface area contributed by atoms with Gasteiger partial charge in [0.25, 0.3) is 16.0 Å². The Kier molecular flexibility index (Phi) is 8.12. The molecule has 0 radical (unpaired) electrons. The number of amides is 1. The minimum atomic E-state index is -3.99. The molecular formula is C26H33ClN6O4S. The second-order valence-corrected chi connectivity index (χ2v) is 12.0. The smallest absolute Gasteiger partial charge is 0.299 e. The predicted molar refractivity (Wildman–Crippen MR) is 147 cm³/mol. The van der Waals surface area contributed by atoms with E-state index in [0.717, 1.165) is 37.4 Å². The van der Waals surface area contributed by atoms with Crippen molar-refractivity contribution < 1.29 is 17.4 Å². The third-order valence-electron chi connectivity index (χ3n) is 6.48. The second kappa shape index (κ2) is 11.0. The molecule has 1 saturated heterocycles. The number of rotatable bonds is 8. The molecule has 38 heavy (non-hydrogen) atoms. The summed E-state index contributed by atoms with van der Waals surface area (Å²) in [6.07, 6.45) is 1.60. The van der Waals surface area contributed by atoms with Crippen LogP contribution in [0.5, 0.6) is 0 Å². The van der Waals surface area contributed by atoms with Gasteiger partial charge in [-0.2, -0.15) is 8.42 Å². The van der Waals surface area contributed by atoms with Crippen LogP contribution < -0.4 is 10.2 Å². The van der Waals surface area contributed by atoms with Crippen LogP contribution in [0.15, 0.2) is 47.5 Å². The number of piperazine rings is 1. The lowest BCUT2D eigenvalue weighted by Crippen LogP contribution is -2.44. The molecule has 0 bridgehead atoms. The van der Waals surface area contributed by atoms with Crippen molar-refractivity contribution in [1.82, 2.24) is 25.2 Å². The molecule has 1 fully saturated rings. The van der Waals surface area contributed by atoms with Gasteiger partial charge in [-0.3, -0.25) is 8.98 Å². The zero-order valence-corrected chi connectivity index (χ0v) is 23.8. The van der Waals surface area contributed by atoms with Gasteiger partial charge in [0, 0.05) is 42.5 Å². The summed E-state index contributed by atoms with van der Waals surface area (Å²) in [4.78, 5) is 17.8. The first-order valence-electron chi connectivity index (χ1n) is 12.4. The van der Waals surface area contributed by atoms with Crippen LogP contribution in [0, 0.1) is 6.92 Å². The molecule has 1 aliphatic heterocycles. The maximum atomic E-state index is 13.3. The quantitative estimate of drug-likeness (QED) is 0.418. The molecule has 2 aromatic carbocycles. The fourth-order valence-corrected chi connectivity index (χ4v) is 5.59. The number of nitrogens with zero attached hydrogens (tertiary/aromatic N) is 5. The third kappa shape index (κ3) is 6.17. The number of benzene rings is 2. The molecule has 2 heterocycles. The predicted octanol–water partition coefficient (Wildman–Crippen LogP) is 3.37. The Hall–Kier alpha value is -2.99. The lowest BCUT2D eigenvalue weighted by atomic mass is 10.0. The lowest BCUT2D eigenvalue weighted by molar-refractivity contribution is 0.0910. The molecule has 3 aromatic rings. The number of hydrogen-bond donors (Lipinski definition) is 1. The van der Waals surface area contributed by atoms with Crippen LogP contribution in [0.1, 0.15) is 42.4 Å². The summed E-state index contributed by atoms with van der Waals surface area (Å²) in [6, 6.07) is 10.2. The van der Waals surface area contributed by atoms with Gasteiger partial charge in [-0.05, 0) is 70.6 Å². The topological polar surface area (TPSA) is 110 Å². The number of halogens is 1. The van der Waals surface area contributed by atoms with Crippen molar-refractivity contribution in [2.45, 2.75) is 38.1 Å². The molecule has 0 saturated carbocycles. The first kappa shape index (κ1) is 28.0. The van der Waals surface area contributed by atoms with E-state index in [-0.39, 0.29) is 17.4 Å².